The molecule has 0 amide bonds. The van der Waals surface area contributed by atoms with Crippen molar-refractivity contribution in [2.24, 2.45) is 0 Å². The number of hydrogen-bond donors (Lipinski definition) is 0. The van der Waals surface area contributed by atoms with Crippen LogP contribution in [-0.2, 0) is 0 Å². The summed E-state index contributed by atoms with van der Waals surface area (Å²) in [5.41, 5.74) is 1.72. The van der Waals surface area contributed by atoms with Crippen LogP contribution in [0.4, 0.5) is 5.69 Å². The number of piperazine rings is 1. The second-order valence-electron chi connectivity index (χ2n) is 7.18. The molecule has 0 radical (unpaired) electrons. The first-order valence-electron chi connectivity index (χ1n) is 9.99. The molecule has 8 heteroatoms. The van der Waals surface area contributed by atoms with Crippen molar-refractivity contribution in [2.75, 3.05) is 59.5 Å². The predicted octanol–water partition coefficient (Wildman–Crippen LogP) is 3.69. The molecule has 1 unspecified atom stereocenters. The van der Waals surface area contributed by atoms with E-state index in [4.69, 9.17) is 18.9 Å². The van der Waals surface area contributed by atoms with Crippen molar-refractivity contribution in [1.82, 2.24) is 4.90 Å². The molecule has 0 N–H and O–H groups in total. The lowest BCUT2D eigenvalue weighted by Crippen LogP contribution is -2.51. The minimum atomic E-state index is -0.245. The van der Waals surface area contributed by atoms with Crippen LogP contribution in [0.3, 0.4) is 0 Å². The van der Waals surface area contributed by atoms with Gasteiger partial charge in [-0.1, -0.05) is 0 Å². The van der Waals surface area contributed by atoms with Crippen LogP contribution in [0.25, 0.3) is 0 Å². The van der Waals surface area contributed by atoms with Crippen molar-refractivity contribution in [2.45, 2.75) is 13.0 Å². The zero-order valence-electron chi connectivity index (χ0n) is 18.7. The quantitative estimate of drug-likeness (QED) is 0.518. The Morgan fingerprint density at radius 3 is 1.84 bits per heavy atom. The average Bonchev–Trinajstić information content (AvgIpc) is 2.82. The number of ether oxygens (including phenoxy) is 4. The van der Waals surface area contributed by atoms with Crippen molar-refractivity contribution in [1.29, 1.82) is 0 Å². The first-order valence-corrected chi connectivity index (χ1v) is 9.99. The lowest BCUT2D eigenvalue weighted by Gasteiger charge is -2.38. The second-order valence-corrected chi connectivity index (χ2v) is 7.18. The minimum Gasteiger partial charge on any atom is -0.497 e. The lowest BCUT2D eigenvalue weighted by molar-refractivity contribution is 0.0829. The first kappa shape index (κ1) is 24.8. The highest BCUT2D eigenvalue weighted by atomic mass is 79.9. The Hall–Kier alpha value is -2.45. The molecule has 31 heavy (non-hydrogen) atoms. The molecule has 2 aromatic carbocycles. The number of hydrogen-bond acceptors (Lipinski definition) is 7. The monoisotopic (exact) mass is 494 g/mol. The Morgan fingerprint density at radius 1 is 0.839 bits per heavy atom. The van der Waals surface area contributed by atoms with Crippen LogP contribution in [0.2, 0.25) is 0 Å². The maximum Gasteiger partial charge on any atom is 0.203 e. The number of ketones is 1. The number of rotatable bonds is 8. The van der Waals surface area contributed by atoms with Crippen molar-refractivity contribution in [3.63, 3.8) is 0 Å². The van der Waals surface area contributed by atoms with Gasteiger partial charge in [-0.15, -0.1) is 17.0 Å². The van der Waals surface area contributed by atoms with Gasteiger partial charge >= 0.3 is 0 Å². The molecule has 1 aliphatic heterocycles. The lowest BCUT2D eigenvalue weighted by atomic mass is 10.0. The van der Waals surface area contributed by atoms with Crippen LogP contribution in [-0.4, -0.2) is 71.3 Å². The molecule has 0 spiro atoms. The minimum absolute atomic E-state index is 0. The van der Waals surface area contributed by atoms with Gasteiger partial charge in [0.2, 0.25) is 5.75 Å². The number of methoxy groups -OCH3 is 4. The van der Waals surface area contributed by atoms with E-state index < -0.39 is 0 Å². The number of carbonyl (C=O) groups excluding carboxylic acids is 1. The van der Waals surface area contributed by atoms with E-state index in [1.807, 2.05) is 19.1 Å². The zero-order chi connectivity index (χ0) is 21.7. The predicted molar refractivity (Wildman–Crippen MR) is 127 cm³/mol. The smallest absolute Gasteiger partial charge is 0.203 e. The van der Waals surface area contributed by atoms with Crippen molar-refractivity contribution in [3.05, 3.63) is 42.0 Å². The number of benzene rings is 2. The first-order chi connectivity index (χ1) is 14.5. The van der Waals surface area contributed by atoms with Crippen molar-refractivity contribution < 1.29 is 23.7 Å². The van der Waals surface area contributed by atoms with E-state index in [1.165, 1.54) is 5.69 Å². The molecule has 1 atom stereocenters. The van der Waals surface area contributed by atoms with Crippen LogP contribution in [0.5, 0.6) is 23.0 Å². The fourth-order valence-corrected chi connectivity index (χ4v) is 3.79. The number of Topliss-reactive ketones (excluding diaryl/α,β-unsaturated/α-hetero) is 1. The van der Waals surface area contributed by atoms with Crippen LogP contribution in [0, 0.1) is 0 Å². The largest absolute Gasteiger partial charge is 0.497 e. The average molecular weight is 495 g/mol. The molecule has 1 fully saturated rings. The van der Waals surface area contributed by atoms with Gasteiger partial charge in [-0.2, -0.15) is 0 Å². The van der Waals surface area contributed by atoms with Crippen LogP contribution in [0.1, 0.15) is 17.3 Å². The molecule has 170 valence electrons. The third kappa shape index (κ3) is 5.43. The summed E-state index contributed by atoms with van der Waals surface area (Å²) in [5.74, 6) is 2.33. The van der Waals surface area contributed by atoms with E-state index in [0.717, 1.165) is 31.9 Å². The van der Waals surface area contributed by atoms with Gasteiger partial charge < -0.3 is 23.8 Å². The maximum atomic E-state index is 13.2. The van der Waals surface area contributed by atoms with Gasteiger partial charge in [-0.25, -0.2) is 0 Å². The topological polar surface area (TPSA) is 60.5 Å². The summed E-state index contributed by atoms with van der Waals surface area (Å²) in [6.45, 7) is 5.29. The molecular formula is C23H31BrN2O5. The van der Waals surface area contributed by atoms with Gasteiger partial charge in [0.25, 0.3) is 0 Å². The molecule has 0 bridgehead atoms. The van der Waals surface area contributed by atoms with Crippen LogP contribution >= 0.6 is 17.0 Å². The molecule has 2 aromatic rings. The Balaban J connectivity index is 0.00000341. The summed E-state index contributed by atoms with van der Waals surface area (Å²) in [6, 6.07) is 11.3. The molecule has 3 rings (SSSR count). The summed E-state index contributed by atoms with van der Waals surface area (Å²) >= 11 is 0. The van der Waals surface area contributed by atoms with Gasteiger partial charge in [0.1, 0.15) is 5.75 Å². The number of carbonyl (C=O) groups is 1. The fourth-order valence-electron chi connectivity index (χ4n) is 3.79. The molecule has 0 saturated carbocycles. The summed E-state index contributed by atoms with van der Waals surface area (Å²) in [4.78, 5) is 17.7. The third-order valence-electron chi connectivity index (χ3n) is 5.63. The Bertz CT molecular complexity index is 842. The number of nitrogens with zero attached hydrogens (tertiary/aromatic N) is 2. The van der Waals surface area contributed by atoms with E-state index in [1.54, 1.807) is 40.6 Å². The normalized spacial score (nSPS) is 14.9. The Labute approximate surface area is 194 Å². The third-order valence-corrected chi connectivity index (χ3v) is 5.63. The van der Waals surface area contributed by atoms with E-state index in [-0.39, 0.29) is 28.8 Å². The summed E-state index contributed by atoms with van der Waals surface area (Å²) in [5, 5.41) is 0. The number of anilines is 1. The zero-order valence-corrected chi connectivity index (χ0v) is 20.4. The molecule has 7 nitrogen and oxygen atoms in total. The standard InChI is InChI=1S/C23H30N2O5.BrH/c1-16(22(26)17-14-20(28-3)23(30-5)21(15-17)29-4)24-10-12-25(13-11-24)18-6-8-19(27-2)9-7-18;/h6-9,14-16H,10-13H2,1-5H3;1H. The maximum absolute atomic E-state index is 13.2. The molecule has 1 saturated heterocycles. The molecule has 0 aliphatic carbocycles. The highest BCUT2D eigenvalue weighted by Gasteiger charge is 2.28. The van der Waals surface area contributed by atoms with Crippen LogP contribution in [0.15, 0.2) is 36.4 Å². The molecule has 1 aliphatic rings. The Kier molecular flexibility index (Phi) is 9.00. The van der Waals surface area contributed by atoms with Gasteiger partial charge in [-0.05, 0) is 43.3 Å². The van der Waals surface area contributed by atoms with E-state index in [0.29, 0.717) is 22.8 Å². The van der Waals surface area contributed by atoms with Gasteiger partial charge in [0.05, 0.1) is 34.5 Å². The summed E-state index contributed by atoms with van der Waals surface area (Å²) in [6.07, 6.45) is 0. The SMILES string of the molecule is Br.COc1ccc(N2CCN(C(C)C(=O)c3cc(OC)c(OC)c(OC)c3)CC2)cc1. The van der Waals surface area contributed by atoms with Crippen molar-refractivity contribution in [3.8, 4) is 23.0 Å². The van der Waals surface area contributed by atoms with E-state index in [2.05, 4.69) is 21.9 Å². The highest BCUT2D eigenvalue weighted by Crippen LogP contribution is 2.38. The van der Waals surface area contributed by atoms with Gasteiger partial charge in [0, 0.05) is 37.4 Å². The summed E-state index contributed by atoms with van der Waals surface area (Å²) in [7, 11) is 6.31. The fraction of sp³-hybridized carbons (Fsp3) is 0.435. The van der Waals surface area contributed by atoms with Gasteiger partial charge in [0.15, 0.2) is 17.3 Å². The molecular weight excluding hydrogens is 464 g/mol. The molecule has 1 heterocycles. The highest BCUT2D eigenvalue weighted by molar-refractivity contribution is 8.93. The number of halogens is 1. The Morgan fingerprint density at radius 2 is 1.39 bits per heavy atom. The van der Waals surface area contributed by atoms with Crippen LogP contribution < -0.4 is 23.8 Å². The van der Waals surface area contributed by atoms with Crippen molar-refractivity contribution >= 4 is 28.5 Å². The van der Waals surface area contributed by atoms with E-state index in [9.17, 15) is 4.79 Å². The van der Waals surface area contributed by atoms with Gasteiger partial charge in [-0.3, -0.25) is 9.69 Å². The molecule has 0 aromatic heterocycles. The summed E-state index contributed by atoms with van der Waals surface area (Å²) < 4.78 is 21.4. The second kappa shape index (κ2) is 11.2. The van der Waals surface area contributed by atoms with E-state index >= 15 is 0 Å².